The Bertz CT molecular complexity index is 2570. The highest BCUT2D eigenvalue weighted by atomic mass is 16.7. The molecule has 10 atom stereocenters. The van der Waals surface area contributed by atoms with Gasteiger partial charge in [-0.25, -0.2) is 0 Å². The van der Waals surface area contributed by atoms with Crippen molar-refractivity contribution in [2.75, 3.05) is 20.3 Å². The molecule has 0 saturated carbocycles. The predicted molar refractivity (Wildman–Crippen MR) is 258 cm³/mol. The van der Waals surface area contributed by atoms with Crippen LogP contribution in [0.5, 0.6) is 0 Å². The molecule has 16 nitrogen and oxygen atoms in total. The maximum atomic E-state index is 15.2. The molecule has 2 saturated heterocycles. The number of carbonyl (C=O) groups is 5. The largest absolute Gasteiger partial charge is 0.463 e. The quantitative estimate of drug-likeness (QED) is 0.0460. The molecule has 2 amide bonds. The average Bonchev–Trinajstić information content (AvgIpc) is 3.65. The molecule has 72 heavy (non-hydrogen) atoms. The third kappa shape index (κ3) is 12.4. The van der Waals surface area contributed by atoms with Gasteiger partial charge < -0.3 is 47.4 Å². The maximum absolute atomic E-state index is 15.2. The Labute approximate surface area is 417 Å². The number of rotatable bonds is 20. The molecule has 0 bridgehead atoms. The van der Waals surface area contributed by atoms with Crippen molar-refractivity contribution in [1.82, 2.24) is 4.90 Å². The molecule has 5 aromatic carbocycles. The molecular weight excluding hydrogens is 927 g/mol. The van der Waals surface area contributed by atoms with Gasteiger partial charge in [-0.3, -0.25) is 28.9 Å². The Balaban J connectivity index is 1.20. The zero-order valence-electron chi connectivity index (χ0n) is 40.3. The highest BCUT2D eigenvalue weighted by molar-refractivity contribution is 6.49. The third-order valence-corrected chi connectivity index (χ3v) is 12.3. The zero-order chi connectivity index (χ0) is 50.6. The van der Waals surface area contributed by atoms with Crippen molar-refractivity contribution in [3.8, 4) is 0 Å². The van der Waals surface area contributed by atoms with Crippen LogP contribution in [0.15, 0.2) is 152 Å². The molecule has 0 N–H and O–H groups in total. The van der Waals surface area contributed by atoms with Gasteiger partial charge in [0, 0.05) is 27.9 Å². The van der Waals surface area contributed by atoms with E-state index in [1.807, 2.05) is 91.0 Å². The standard InChI is InChI=1S/C56H57NO15/c1-35(58)64-33-44-49(69-36(2)59)50(70-37(3)60)47(57-53(61)45(41-26-16-8-17-27-41)46(54(57)62)42-28-18-9-19-29-42)55(71-44)68-34-43-48(65-30-38-20-10-5-11-21-38)51(66-31-39-22-12-6-13-23-39)52(56(63-4)72-43)67-32-40-24-14-7-15-25-40/h5-29,43-44,47-52,55-56H,30-34H2,1-4H3/t43-,44-,47-,48-,49-,50-,51+,52-,55-,56-/m1/s1. The van der Waals surface area contributed by atoms with Crippen LogP contribution in [0.2, 0.25) is 0 Å². The summed E-state index contributed by atoms with van der Waals surface area (Å²) in [6.07, 6.45) is -11.0. The summed E-state index contributed by atoms with van der Waals surface area (Å²) in [4.78, 5) is 69.7. The lowest BCUT2D eigenvalue weighted by atomic mass is 9.94. The van der Waals surface area contributed by atoms with Crippen molar-refractivity contribution in [3.63, 3.8) is 0 Å². The molecule has 0 aromatic heterocycles. The minimum absolute atomic E-state index is 0.0612. The first-order chi connectivity index (χ1) is 35.0. The van der Waals surface area contributed by atoms with Crippen LogP contribution in [-0.2, 0) is 91.2 Å². The first-order valence-corrected chi connectivity index (χ1v) is 23.6. The Hall–Kier alpha value is -6.89. The van der Waals surface area contributed by atoms with Crippen LogP contribution in [0.3, 0.4) is 0 Å². The van der Waals surface area contributed by atoms with Gasteiger partial charge in [-0.05, 0) is 27.8 Å². The lowest BCUT2D eigenvalue weighted by Crippen LogP contribution is -2.68. The summed E-state index contributed by atoms with van der Waals surface area (Å²) in [7, 11) is 1.48. The van der Waals surface area contributed by atoms with E-state index in [1.54, 1.807) is 60.7 Å². The van der Waals surface area contributed by atoms with Crippen LogP contribution < -0.4 is 0 Å². The van der Waals surface area contributed by atoms with Crippen LogP contribution in [0.25, 0.3) is 11.1 Å². The molecule has 3 aliphatic rings. The van der Waals surface area contributed by atoms with E-state index in [4.69, 9.17) is 47.4 Å². The van der Waals surface area contributed by atoms with Crippen LogP contribution >= 0.6 is 0 Å². The number of esters is 3. The van der Waals surface area contributed by atoms with E-state index in [2.05, 4.69) is 0 Å². The van der Waals surface area contributed by atoms with E-state index < -0.39 is 97.7 Å². The van der Waals surface area contributed by atoms with Crippen molar-refractivity contribution in [3.05, 3.63) is 179 Å². The predicted octanol–water partition coefficient (Wildman–Crippen LogP) is 6.63. The third-order valence-electron chi connectivity index (χ3n) is 12.3. The molecule has 2 fully saturated rings. The molecule has 5 aromatic rings. The summed E-state index contributed by atoms with van der Waals surface area (Å²) >= 11 is 0. The number of imide groups is 1. The fourth-order valence-electron chi connectivity index (χ4n) is 9.12. The van der Waals surface area contributed by atoms with Crippen LogP contribution in [0.1, 0.15) is 48.6 Å². The summed E-state index contributed by atoms with van der Waals surface area (Å²) in [5.41, 5.74) is 3.61. The Morgan fingerprint density at radius 1 is 0.458 bits per heavy atom. The SMILES string of the molecule is CO[C@@H]1O[C@H](CO[C@@H]2O[C@H](COC(C)=O)[C@@H](OC(C)=O)[C@H](OC(C)=O)[C@H]2N2C(=O)C(c3ccccc3)=C(c3ccccc3)C2=O)[C@@H](OCc2ccccc2)[C@H](OCc2ccccc2)[C@H]1OCc1ccccc1. The van der Waals surface area contributed by atoms with Gasteiger partial charge >= 0.3 is 17.9 Å². The Morgan fingerprint density at radius 2 is 0.861 bits per heavy atom. The lowest BCUT2D eigenvalue weighted by molar-refractivity contribution is -0.337. The van der Waals surface area contributed by atoms with E-state index in [0.717, 1.165) is 35.4 Å². The van der Waals surface area contributed by atoms with Crippen molar-refractivity contribution < 1.29 is 71.3 Å². The second kappa shape index (κ2) is 24.5. The summed E-state index contributed by atoms with van der Waals surface area (Å²) < 4.78 is 63.5. The van der Waals surface area contributed by atoms with E-state index in [9.17, 15) is 14.4 Å². The van der Waals surface area contributed by atoms with Crippen molar-refractivity contribution in [1.29, 1.82) is 0 Å². The summed E-state index contributed by atoms with van der Waals surface area (Å²) in [5, 5.41) is 0. The van der Waals surface area contributed by atoms with E-state index in [1.165, 1.54) is 14.0 Å². The minimum Gasteiger partial charge on any atom is -0.463 e. The number of hydrogen-bond donors (Lipinski definition) is 0. The fourth-order valence-corrected chi connectivity index (χ4v) is 9.12. The molecule has 3 aliphatic heterocycles. The molecule has 0 radical (unpaired) electrons. The second-order valence-corrected chi connectivity index (χ2v) is 17.3. The van der Waals surface area contributed by atoms with Gasteiger partial charge in [0.05, 0.1) is 37.6 Å². The van der Waals surface area contributed by atoms with Crippen molar-refractivity contribution >= 4 is 40.9 Å². The van der Waals surface area contributed by atoms with Gasteiger partial charge in [0.2, 0.25) is 0 Å². The molecular formula is C56H57NO15. The average molecular weight is 984 g/mol. The lowest BCUT2D eigenvalue weighted by Gasteiger charge is -2.48. The molecule has 0 unspecified atom stereocenters. The smallest absolute Gasteiger partial charge is 0.303 e. The summed E-state index contributed by atoms with van der Waals surface area (Å²) in [6, 6.07) is 44.4. The number of methoxy groups -OCH3 is 1. The van der Waals surface area contributed by atoms with Gasteiger partial charge in [0.15, 0.2) is 24.8 Å². The van der Waals surface area contributed by atoms with E-state index in [0.29, 0.717) is 11.1 Å². The van der Waals surface area contributed by atoms with E-state index >= 15 is 9.59 Å². The van der Waals surface area contributed by atoms with Gasteiger partial charge in [-0.1, -0.05) is 152 Å². The highest BCUT2D eigenvalue weighted by Gasteiger charge is 2.59. The number of benzene rings is 5. The van der Waals surface area contributed by atoms with Crippen LogP contribution in [0, 0.1) is 0 Å². The second-order valence-electron chi connectivity index (χ2n) is 17.3. The number of carbonyl (C=O) groups excluding carboxylic acids is 5. The van der Waals surface area contributed by atoms with Crippen LogP contribution in [0.4, 0.5) is 0 Å². The number of amides is 2. The molecule has 3 heterocycles. The number of hydrogen-bond acceptors (Lipinski definition) is 15. The molecule has 0 aliphatic carbocycles. The topological polar surface area (TPSA) is 181 Å². The molecule has 16 heteroatoms. The van der Waals surface area contributed by atoms with Crippen LogP contribution in [-0.4, -0.2) is 116 Å². The van der Waals surface area contributed by atoms with Gasteiger partial charge in [-0.2, -0.15) is 0 Å². The first-order valence-electron chi connectivity index (χ1n) is 23.6. The summed E-state index contributed by atoms with van der Waals surface area (Å²) in [6.45, 7) is 2.99. The normalized spacial score (nSPS) is 25.2. The number of ether oxygens (including phenoxy) is 10. The summed E-state index contributed by atoms with van der Waals surface area (Å²) in [5.74, 6) is -3.89. The van der Waals surface area contributed by atoms with E-state index in [-0.39, 0.29) is 37.6 Å². The van der Waals surface area contributed by atoms with Gasteiger partial charge in [0.25, 0.3) is 11.8 Å². The monoisotopic (exact) mass is 983 g/mol. The Morgan fingerprint density at radius 3 is 1.31 bits per heavy atom. The molecule has 8 rings (SSSR count). The van der Waals surface area contributed by atoms with Crippen molar-refractivity contribution in [2.45, 2.75) is 102 Å². The number of nitrogens with zero attached hydrogens (tertiary/aromatic N) is 1. The van der Waals surface area contributed by atoms with Gasteiger partial charge in [-0.15, -0.1) is 0 Å². The molecule has 0 spiro atoms. The highest BCUT2D eigenvalue weighted by Crippen LogP contribution is 2.42. The fraction of sp³-hybridized carbons (Fsp3) is 0.339. The zero-order valence-corrected chi connectivity index (χ0v) is 40.3. The van der Waals surface area contributed by atoms with Crippen molar-refractivity contribution in [2.24, 2.45) is 0 Å². The Kier molecular flexibility index (Phi) is 17.5. The minimum atomic E-state index is -1.67. The first kappa shape index (κ1) is 51.5. The van der Waals surface area contributed by atoms with Gasteiger partial charge in [0.1, 0.15) is 43.2 Å². The maximum Gasteiger partial charge on any atom is 0.303 e. The molecule has 376 valence electrons.